The third-order valence-electron chi connectivity index (χ3n) is 2.85. The van der Waals surface area contributed by atoms with E-state index in [0.717, 1.165) is 25.0 Å². The summed E-state index contributed by atoms with van der Waals surface area (Å²) in [5.41, 5.74) is -0.345. The molecule has 19 heavy (non-hydrogen) atoms. The molecule has 2 N–H and O–H groups in total. The third-order valence-corrected chi connectivity index (χ3v) is 2.85. The van der Waals surface area contributed by atoms with Gasteiger partial charge in [0.05, 0.1) is 11.6 Å². The first-order valence-electron chi connectivity index (χ1n) is 6.02. The second-order valence-electron chi connectivity index (χ2n) is 4.42. The minimum atomic E-state index is -0.815. The Kier molecular flexibility index (Phi) is 3.95. The minimum absolute atomic E-state index is 0.0115. The molecule has 0 aromatic heterocycles. The van der Waals surface area contributed by atoms with E-state index in [2.05, 4.69) is 10.6 Å². The summed E-state index contributed by atoms with van der Waals surface area (Å²) in [5, 5.41) is 13.8. The van der Waals surface area contributed by atoms with E-state index in [1.165, 1.54) is 0 Å². The summed E-state index contributed by atoms with van der Waals surface area (Å²) < 4.78 is 27.0. The Morgan fingerprint density at radius 2 is 1.95 bits per heavy atom. The number of halogens is 2. The van der Waals surface area contributed by atoms with Crippen LogP contribution < -0.4 is 10.6 Å². The zero-order chi connectivity index (χ0) is 13.8. The smallest absolute Gasteiger partial charge is 0.223 e. The minimum Gasteiger partial charge on any atom is -0.379 e. The summed E-state index contributed by atoms with van der Waals surface area (Å²) in [4.78, 5) is 11.3. The predicted octanol–water partition coefficient (Wildman–Crippen LogP) is 1.77. The van der Waals surface area contributed by atoms with Gasteiger partial charge in [0, 0.05) is 19.0 Å². The highest BCUT2D eigenvalue weighted by Crippen LogP contribution is 2.28. The van der Waals surface area contributed by atoms with E-state index in [9.17, 15) is 13.6 Å². The molecule has 1 aromatic rings. The average molecular weight is 265 g/mol. The zero-order valence-electron chi connectivity index (χ0n) is 10.2. The van der Waals surface area contributed by atoms with Crippen LogP contribution in [-0.2, 0) is 4.79 Å². The molecule has 1 aliphatic rings. The van der Waals surface area contributed by atoms with Gasteiger partial charge in [0.2, 0.25) is 5.91 Å². The molecular formula is C13H13F2N3O. The highest BCUT2D eigenvalue weighted by molar-refractivity contribution is 5.80. The first kappa shape index (κ1) is 13.3. The van der Waals surface area contributed by atoms with Crippen molar-refractivity contribution in [3.63, 3.8) is 0 Å². The molecule has 1 amide bonds. The van der Waals surface area contributed by atoms with Crippen molar-refractivity contribution in [3.05, 3.63) is 29.3 Å². The standard InChI is InChI=1S/C13H13F2N3O/c14-10-5-8(7-16)6-11(15)12(10)17-3-4-18-13(19)9-1-2-9/h5-6,9,17H,1-4H2,(H,18,19). The number of nitrogens with one attached hydrogen (secondary N) is 2. The molecular weight excluding hydrogens is 252 g/mol. The van der Waals surface area contributed by atoms with Crippen LogP contribution in [0, 0.1) is 28.9 Å². The van der Waals surface area contributed by atoms with Crippen LogP contribution in [0.5, 0.6) is 0 Å². The molecule has 0 spiro atoms. The van der Waals surface area contributed by atoms with E-state index in [4.69, 9.17) is 5.26 Å². The summed E-state index contributed by atoms with van der Waals surface area (Å²) in [7, 11) is 0. The van der Waals surface area contributed by atoms with E-state index in [1.54, 1.807) is 6.07 Å². The van der Waals surface area contributed by atoms with Crippen molar-refractivity contribution in [2.75, 3.05) is 18.4 Å². The van der Waals surface area contributed by atoms with Crippen molar-refractivity contribution in [2.24, 2.45) is 5.92 Å². The number of carbonyl (C=O) groups is 1. The van der Waals surface area contributed by atoms with Gasteiger partial charge in [-0.05, 0) is 25.0 Å². The number of benzene rings is 1. The molecule has 0 aliphatic heterocycles. The fourth-order valence-corrected chi connectivity index (χ4v) is 1.67. The van der Waals surface area contributed by atoms with Crippen molar-refractivity contribution in [3.8, 4) is 6.07 Å². The summed E-state index contributed by atoms with van der Waals surface area (Å²) in [6, 6.07) is 3.61. The van der Waals surface area contributed by atoms with E-state index in [-0.39, 0.29) is 29.6 Å². The Morgan fingerprint density at radius 1 is 1.32 bits per heavy atom. The molecule has 1 saturated carbocycles. The van der Waals surface area contributed by atoms with Gasteiger partial charge in [-0.25, -0.2) is 8.78 Å². The molecule has 0 atom stereocenters. The molecule has 0 bridgehead atoms. The summed E-state index contributed by atoms with van der Waals surface area (Å²) in [6.45, 7) is 0.520. The van der Waals surface area contributed by atoms with Gasteiger partial charge in [0.1, 0.15) is 5.69 Å². The summed E-state index contributed by atoms with van der Waals surface area (Å²) in [5.74, 6) is -1.53. The van der Waals surface area contributed by atoms with Crippen LogP contribution in [0.15, 0.2) is 12.1 Å². The number of anilines is 1. The van der Waals surface area contributed by atoms with Crippen LogP contribution in [0.3, 0.4) is 0 Å². The molecule has 1 aliphatic carbocycles. The lowest BCUT2D eigenvalue weighted by atomic mass is 10.2. The van der Waals surface area contributed by atoms with Crippen LogP contribution in [-0.4, -0.2) is 19.0 Å². The van der Waals surface area contributed by atoms with Crippen LogP contribution in [0.25, 0.3) is 0 Å². The molecule has 0 radical (unpaired) electrons. The number of nitriles is 1. The van der Waals surface area contributed by atoms with E-state index in [0.29, 0.717) is 6.54 Å². The van der Waals surface area contributed by atoms with Gasteiger partial charge in [0.15, 0.2) is 11.6 Å². The highest BCUT2D eigenvalue weighted by Gasteiger charge is 2.28. The van der Waals surface area contributed by atoms with E-state index < -0.39 is 11.6 Å². The number of rotatable bonds is 5. The molecule has 1 aromatic carbocycles. The number of amides is 1. The van der Waals surface area contributed by atoms with Gasteiger partial charge in [-0.2, -0.15) is 5.26 Å². The fourth-order valence-electron chi connectivity index (χ4n) is 1.67. The SMILES string of the molecule is N#Cc1cc(F)c(NCCNC(=O)C2CC2)c(F)c1. The molecule has 0 saturated heterocycles. The maximum Gasteiger partial charge on any atom is 0.223 e. The van der Waals surface area contributed by atoms with Crippen LogP contribution in [0.2, 0.25) is 0 Å². The van der Waals surface area contributed by atoms with E-state index in [1.807, 2.05) is 0 Å². The monoisotopic (exact) mass is 265 g/mol. The largest absolute Gasteiger partial charge is 0.379 e. The third kappa shape index (κ3) is 3.41. The average Bonchev–Trinajstić information content (AvgIpc) is 3.20. The zero-order valence-corrected chi connectivity index (χ0v) is 10.2. The highest BCUT2D eigenvalue weighted by atomic mass is 19.1. The fraction of sp³-hybridized carbons (Fsp3) is 0.385. The molecule has 0 heterocycles. The van der Waals surface area contributed by atoms with Gasteiger partial charge >= 0.3 is 0 Å². The van der Waals surface area contributed by atoms with Gasteiger partial charge in [0.25, 0.3) is 0 Å². The Hall–Kier alpha value is -2.16. The Balaban J connectivity index is 1.85. The molecule has 2 rings (SSSR count). The number of carbonyl (C=O) groups excluding carboxylic acids is 1. The van der Waals surface area contributed by atoms with Gasteiger partial charge in [-0.3, -0.25) is 4.79 Å². The first-order chi connectivity index (χ1) is 9.11. The van der Waals surface area contributed by atoms with Crippen molar-refractivity contribution >= 4 is 11.6 Å². The van der Waals surface area contributed by atoms with Gasteiger partial charge in [-0.1, -0.05) is 0 Å². The van der Waals surface area contributed by atoms with Crippen LogP contribution >= 0.6 is 0 Å². The molecule has 100 valence electrons. The topological polar surface area (TPSA) is 64.9 Å². The number of hydrogen-bond acceptors (Lipinski definition) is 3. The molecule has 4 nitrogen and oxygen atoms in total. The quantitative estimate of drug-likeness (QED) is 0.797. The maximum atomic E-state index is 13.5. The van der Waals surface area contributed by atoms with Crippen LogP contribution in [0.1, 0.15) is 18.4 Å². The summed E-state index contributed by atoms with van der Waals surface area (Å²) >= 11 is 0. The second-order valence-corrected chi connectivity index (χ2v) is 4.42. The van der Waals surface area contributed by atoms with Gasteiger partial charge in [-0.15, -0.1) is 0 Å². The van der Waals surface area contributed by atoms with Crippen molar-refractivity contribution in [1.82, 2.24) is 5.32 Å². The number of nitrogens with zero attached hydrogens (tertiary/aromatic N) is 1. The van der Waals surface area contributed by atoms with Crippen molar-refractivity contribution in [2.45, 2.75) is 12.8 Å². The molecule has 1 fully saturated rings. The summed E-state index contributed by atoms with van der Waals surface area (Å²) in [6.07, 6.45) is 1.83. The normalized spacial score (nSPS) is 13.7. The second kappa shape index (κ2) is 5.65. The Labute approximate surface area is 109 Å². The lowest BCUT2D eigenvalue weighted by molar-refractivity contribution is -0.122. The van der Waals surface area contributed by atoms with Crippen molar-refractivity contribution < 1.29 is 13.6 Å². The number of hydrogen-bond donors (Lipinski definition) is 2. The van der Waals surface area contributed by atoms with Crippen LogP contribution in [0.4, 0.5) is 14.5 Å². The van der Waals surface area contributed by atoms with E-state index >= 15 is 0 Å². The molecule has 6 heteroatoms. The first-order valence-corrected chi connectivity index (χ1v) is 6.02. The predicted molar refractivity (Wildman–Crippen MR) is 65.3 cm³/mol. The molecule has 0 unspecified atom stereocenters. The Bertz CT molecular complexity index is 512. The lowest BCUT2D eigenvalue weighted by Gasteiger charge is -2.09. The maximum absolute atomic E-state index is 13.5. The lowest BCUT2D eigenvalue weighted by Crippen LogP contribution is -2.30. The van der Waals surface area contributed by atoms with Gasteiger partial charge < -0.3 is 10.6 Å². The Morgan fingerprint density at radius 3 is 2.47 bits per heavy atom. The van der Waals surface area contributed by atoms with Crippen molar-refractivity contribution in [1.29, 1.82) is 5.26 Å².